The van der Waals surface area contributed by atoms with Crippen LogP contribution in [0.3, 0.4) is 0 Å². The van der Waals surface area contributed by atoms with Crippen molar-refractivity contribution in [2.45, 2.75) is 13.0 Å². The van der Waals surface area contributed by atoms with Crippen molar-refractivity contribution >= 4 is 17.7 Å². The Bertz CT molecular complexity index is 463. The van der Waals surface area contributed by atoms with E-state index in [1.165, 1.54) is 0 Å². The van der Waals surface area contributed by atoms with E-state index in [0.717, 1.165) is 5.56 Å². The van der Waals surface area contributed by atoms with Crippen LogP contribution in [-0.4, -0.2) is 24.3 Å². The van der Waals surface area contributed by atoms with Crippen molar-refractivity contribution in [2.24, 2.45) is 5.84 Å². The van der Waals surface area contributed by atoms with Gasteiger partial charge in [-0.1, -0.05) is 30.3 Å². The Morgan fingerprint density at radius 3 is 2.40 bits per heavy atom. The van der Waals surface area contributed by atoms with Gasteiger partial charge >= 0.3 is 11.8 Å². The first-order valence-electron chi connectivity index (χ1n) is 5.98. The van der Waals surface area contributed by atoms with E-state index >= 15 is 0 Å². The Kier molecular flexibility index (Phi) is 6.72. The van der Waals surface area contributed by atoms with E-state index in [-0.39, 0.29) is 18.9 Å². The van der Waals surface area contributed by atoms with Crippen LogP contribution >= 0.6 is 0 Å². The SMILES string of the molecule is NNC(=O)C(=O)NNCCC(=O)NCc1ccccc1. The number of nitrogens with two attached hydrogens (primary N) is 1. The van der Waals surface area contributed by atoms with E-state index < -0.39 is 11.8 Å². The van der Waals surface area contributed by atoms with Crippen molar-refractivity contribution in [3.05, 3.63) is 35.9 Å². The van der Waals surface area contributed by atoms with Gasteiger partial charge in [0, 0.05) is 19.5 Å². The van der Waals surface area contributed by atoms with Crippen molar-refractivity contribution in [3.8, 4) is 0 Å². The van der Waals surface area contributed by atoms with Gasteiger partial charge in [0.15, 0.2) is 0 Å². The summed E-state index contributed by atoms with van der Waals surface area (Å²) in [5.41, 5.74) is 7.24. The molecule has 0 radical (unpaired) electrons. The largest absolute Gasteiger partial charge is 0.352 e. The maximum Gasteiger partial charge on any atom is 0.324 e. The molecule has 1 aromatic carbocycles. The summed E-state index contributed by atoms with van der Waals surface area (Å²) in [6.07, 6.45) is 0.164. The molecule has 0 bridgehead atoms. The maximum atomic E-state index is 11.5. The van der Waals surface area contributed by atoms with E-state index in [2.05, 4.69) is 16.2 Å². The van der Waals surface area contributed by atoms with Crippen LogP contribution in [0.25, 0.3) is 0 Å². The fourth-order valence-electron chi connectivity index (χ4n) is 1.33. The standard InChI is InChI=1S/C12H17N5O3/c13-16-11(19)12(20)17-15-7-6-10(18)14-8-9-4-2-1-3-5-9/h1-5,15H,6-8,13H2,(H,14,18)(H,16,19)(H,17,20). The number of hydrogen-bond donors (Lipinski definition) is 5. The second kappa shape index (κ2) is 8.62. The number of amides is 3. The van der Waals surface area contributed by atoms with Crippen LogP contribution in [0, 0.1) is 0 Å². The van der Waals surface area contributed by atoms with Gasteiger partial charge in [0.1, 0.15) is 0 Å². The second-order valence-corrected chi connectivity index (χ2v) is 3.87. The number of carbonyl (C=O) groups excluding carboxylic acids is 3. The molecule has 8 nitrogen and oxygen atoms in total. The van der Waals surface area contributed by atoms with E-state index in [0.29, 0.717) is 6.54 Å². The average molecular weight is 279 g/mol. The number of hydrazine groups is 2. The quantitative estimate of drug-likeness (QED) is 0.140. The van der Waals surface area contributed by atoms with Gasteiger partial charge in [-0.05, 0) is 5.56 Å². The molecule has 0 aromatic heterocycles. The number of carbonyl (C=O) groups is 3. The van der Waals surface area contributed by atoms with E-state index in [1.54, 1.807) is 5.43 Å². The third-order valence-corrected chi connectivity index (χ3v) is 2.35. The lowest BCUT2D eigenvalue weighted by molar-refractivity contribution is -0.139. The number of nitrogens with one attached hydrogen (secondary N) is 4. The van der Waals surface area contributed by atoms with Crippen LogP contribution in [0.5, 0.6) is 0 Å². The van der Waals surface area contributed by atoms with Crippen LogP contribution in [0.4, 0.5) is 0 Å². The van der Waals surface area contributed by atoms with E-state index in [4.69, 9.17) is 5.84 Å². The molecule has 108 valence electrons. The van der Waals surface area contributed by atoms with Crippen molar-refractivity contribution in [2.75, 3.05) is 6.54 Å². The molecule has 0 saturated heterocycles. The number of rotatable bonds is 6. The van der Waals surface area contributed by atoms with Crippen LogP contribution in [0.1, 0.15) is 12.0 Å². The Morgan fingerprint density at radius 2 is 1.75 bits per heavy atom. The molecule has 0 aliphatic heterocycles. The monoisotopic (exact) mass is 279 g/mol. The molecule has 0 heterocycles. The van der Waals surface area contributed by atoms with Crippen LogP contribution in [0.2, 0.25) is 0 Å². The summed E-state index contributed by atoms with van der Waals surface area (Å²) in [4.78, 5) is 33.2. The van der Waals surface area contributed by atoms with E-state index in [9.17, 15) is 14.4 Å². The predicted octanol–water partition coefficient (Wildman–Crippen LogP) is -1.70. The minimum Gasteiger partial charge on any atom is -0.352 e. The summed E-state index contributed by atoms with van der Waals surface area (Å²) in [5.74, 6) is 2.71. The molecule has 8 heteroatoms. The Balaban J connectivity index is 2.12. The molecular weight excluding hydrogens is 262 g/mol. The van der Waals surface area contributed by atoms with Gasteiger partial charge in [-0.2, -0.15) is 0 Å². The lowest BCUT2D eigenvalue weighted by Crippen LogP contribution is -2.48. The van der Waals surface area contributed by atoms with Crippen LogP contribution in [0.15, 0.2) is 30.3 Å². The third-order valence-electron chi connectivity index (χ3n) is 2.35. The van der Waals surface area contributed by atoms with Crippen molar-refractivity contribution in [3.63, 3.8) is 0 Å². The molecule has 20 heavy (non-hydrogen) atoms. The fraction of sp³-hybridized carbons (Fsp3) is 0.250. The highest BCUT2D eigenvalue weighted by Crippen LogP contribution is 1.97. The van der Waals surface area contributed by atoms with Gasteiger partial charge in [-0.25, -0.2) is 11.3 Å². The van der Waals surface area contributed by atoms with Gasteiger partial charge in [0.25, 0.3) is 0 Å². The van der Waals surface area contributed by atoms with Gasteiger partial charge < -0.3 is 5.32 Å². The lowest BCUT2D eigenvalue weighted by Gasteiger charge is -2.07. The molecule has 0 atom stereocenters. The number of hydrogen-bond acceptors (Lipinski definition) is 5. The summed E-state index contributed by atoms with van der Waals surface area (Å²) >= 11 is 0. The van der Waals surface area contributed by atoms with Crippen molar-refractivity contribution in [1.29, 1.82) is 0 Å². The second-order valence-electron chi connectivity index (χ2n) is 3.87. The highest BCUT2D eigenvalue weighted by molar-refractivity contribution is 6.34. The molecule has 0 spiro atoms. The van der Waals surface area contributed by atoms with Gasteiger partial charge in [0.05, 0.1) is 0 Å². The summed E-state index contributed by atoms with van der Waals surface area (Å²) in [6, 6.07) is 9.49. The van der Waals surface area contributed by atoms with E-state index in [1.807, 2.05) is 30.3 Å². The number of benzene rings is 1. The smallest absolute Gasteiger partial charge is 0.324 e. The maximum absolute atomic E-state index is 11.5. The first-order chi connectivity index (χ1) is 9.63. The summed E-state index contributed by atoms with van der Waals surface area (Å²) in [5, 5.41) is 2.73. The molecular formula is C12H17N5O3. The molecule has 3 amide bonds. The average Bonchev–Trinajstić information content (AvgIpc) is 2.49. The molecule has 0 aliphatic rings. The first-order valence-corrected chi connectivity index (χ1v) is 5.98. The molecule has 1 rings (SSSR count). The lowest BCUT2D eigenvalue weighted by atomic mass is 10.2. The minimum absolute atomic E-state index is 0.164. The first kappa shape index (κ1) is 15.6. The molecule has 1 aromatic rings. The Labute approximate surface area is 116 Å². The van der Waals surface area contributed by atoms with Gasteiger partial charge in [-0.3, -0.25) is 25.2 Å². The summed E-state index contributed by atoms with van der Waals surface area (Å²) in [7, 11) is 0. The van der Waals surface area contributed by atoms with Gasteiger partial charge in [-0.15, -0.1) is 0 Å². The molecule has 0 aliphatic carbocycles. The zero-order valence-electron chi connectivity index (χ0n) is 10.8. The predicted molar refractivity (Wildman–Crippen MR) is 71.4 cm³/mol. The molecule has 0 unspecified atom stereocenters. The van der Waals surface area contributed by atoms with Crippen molar-refractivity contribution < 1.29 is 14.4 Å². The summed E-state index contributed by atoms with van der Waals surface area (Å²) < 4.78 is 0. The summed E-state index contributed by atoms with van der Waals surface area (Å²) in [6.45, 7) is 0.645. The molecule has 0 saturated carbocycles. The van der Waals surface area contributed by atoms with Crippen molar-refractivity contribution in [1.82, 2.24) is 21.6 Å². The minimum atomic E-state index is -0.967. The van der Waals surface area contributed by atoms with Crippen LogP contribution in [-0.2, 0) is 20.9 Å². The highest BCUT2D eigenvalue weighted by atomic mass is 16.2. The Morgan fingerprint density at radius 1 is 1.05 bits per heavy atom. The zero-order chi connectivity index (χ0) is 14.8. The third kappa shape index (κ3) is 5.94. The highest BCUT2D eigenvalue weighted by Gasteiger charge is 2.10. The fourth-order valence-corrected chi connectivity index (χ4v) is 1.33. The van der Waals surface area contributed by atoms with Gasteiger partial charge in [0.2, 0.25) is 5.91 Å². The molecule has 0 fully saturated rings. The molecule has 6 N–H and O–H groups in total. The zero-order valence-corrected chi connectivity index (χ0v) is 10.8. The topological polar surface area (TPSA) is 125 Å². The van der Waals surface area contributed by atoms with Crippen LogP contribution < -0.4 is 27.4 Å². The Hall–Kier alpha value is -2.45. The normalized spacial score (nSPS) is 9.65.